The van der Waals surface area contributed by atoms with Crippen molar-refractivity contribution < 1.29 is 13.9 Å². The summed E-state index contributed by atoms with van der Waals surface area (Å²) >= 11 is 0. The molecular weight excluding hydrogens is 285 g/mol. The van der Waals surface area contributed by atoms with E-state index in [1.54, 1.807) is 12.1 Å². The fraction of sp³-hybridized carbons (Fsp3) is 0.562. The Morgan fingerprint density at radius 2 is 2.00 bits per heavy atom. The Morgan fingerprint density at radius 1 is 1.32 bits per heavy atom. The van der Waals surface area contributed by atoms with E-state index in [-0.39, 0.29) is 17.9 Å². The van der Waals surface area contributed by atoms with Crippen molar-refractivity contribution in [2.45, 2.75) is 25.8 Å². The van der Waals surface area contributed by atoms with Crippen LogP contribution in [-0.4, -0.2) is 49.8 Å². The van der Waals surface area contributed by atoms with Crippen LogP contribution in [0.5, 0.6) is 5.75 Å². The second-order valence-electron chi connectivity index (χ2n) is 5.41. The Labute approximate surface area is 130 Å². The number of halogens is 1. The maximum absolute atomic E-state index is 12.7. The number of hydrogen-bond acceptors (Lipinski definition) is 3. The van der Waals surface area contributed by atoms with Crippen molar-refractivity contribution >= 4 is 6.03 Å². The van der Waals surface area contributed by atoms with Gasteiger partial charge in [-0.3, -0.25) is 0 Å². The predicted molar refractivity (Wildman–Crippen MR) is 83.6 cm³/mol. The smallest absolute Gasteiger partial charge is 0.315 e. The van der Waals surface area contributed by atoms with Crippen LogP contribution in [0.3, 0.4) is 0 Å². The molecule has 2 amide bonds. The SMILES string of the molecule is CCN1CCC(NC(=O)NCCOc2ccc(F)cc2)CC1. The second-order valence-corrected chi connectivity index (χ2v) is 5.41. The molecule has 0 atom stereocenters. The number of nitrogens with zero attached hydrogens (tertiary/aromatic N) is 1. The zero-order chi connectivity index (χ0) is 15.8. The van der Waals surface area contributed by atoms with E-state index in [0.29, 0.717) is 18.9 Å². The standard InChI is InChI=1S/C16H24FN3O2/c1-2-20-10-7-14(8-11-20)19-16(21)18-9-12-22-15-5-3-13(17)4-6-15/h3-6,14H,2,7-12H2,1H3,(H2,18,19,21). The highest BCUT2D eigenvalue weighted by Gasteiger charge is 2.19. The summed E-state index contributed by atoms with van der Waals surface area (Å²) in [7, 11) is 0. The van der Waals surface area contributed by atoms with Gasteiger partial charge in [0.1, 0.15) is 18.2 Å². The molecule has 5 nitrogen and oxygen atoms in total. The molecule has 1 heterocycles. The molecule has 1 aromatic rings. The number of carbonyl (C=O) groups excluding carboxylic acids is 1. The highest BCUT2D eigenvalue weighted by molar-refractivity contribution is 5.74. The van der Waals surface area contributed by atoms with Crippen molar-refractivity contribution in [3.63, 3.8) is 0 Å². The van der Waals surface area contributed by atoms with Gasteiger partial charge in [-0.1, -0.05) is 6.92 Å². The van der Waals surface area contributed by atoms with Gasteiger partial charge < -0.3 is 20.3 Å². The maximum Gasteiger partial charge on any atom is 0.315 e. The molecule has 0 aromatic heterocycles. The van der Waals surface area contributed by atoms with E-state index in [1.807, 2.05) is 0 Å². The summed E-state index contributed by atoms with van der Waals surface area (Å²) in [6.45, 7) is 6.07. The Kier molecular flexibility index (Phi) is 6.45. The van der Waals surface area contributed by atoms with Crippen molar-refractivity contribution in [2.24, 2.45) is 0 Å². The summed E-state index contributed by atoms with van der Waals surface area (Å²) in [5.74, 6) is 0.300. The molecule has 1 fully saturated rings. The van der Waals surface area contributed by atoms with Crippen LogP contribution < -0.4 is 15.4 Å². The molecule has 2 N–H and O–H groups in total. The minimum atomic E-state index is -0.293. The lowest BCUT2D eigenvalue weighted by atomic mass is 10.1. The highest BCUT2D eigenvalue weighted by Crippen LogP contribution is 2.11. The van der Waals surface area contributed by atoms with Gasteiger partial charge >= 0.3 is 6.03 Å². The third kappa shape index (κ3) is 5.52. The quantitative estimate of drug-likeness (QED) is 0.790. The molecule has 1 aliphatic heterocycles. The lowest BCUT2D eigenvalue weighted by Gasteiger charge is -2.31. The van der Waals surface area contributed by atoms with Crippen LogP contribution in [0, 0.1) is 5.82 Å². The van der Waals surface area contributed by atoms with E-state index in [9.17, 15) is 9.18 Å². The Hall–Kier alpha value is -1.82. The molecule has 0 spiro atoms. The van der Waals surface area contributed by atoms with Crippen molar-refractivity contribution in [3.05, 3.63) is 30.1 Å². The zero-order valence-electron chi connectivity index (χ0n) is 13.0. The second kappa shape index (κ2) is 8.58. The van der Waals surface area contributed by atoms with E-state index in [2.05, 4.69) is 22.5 Å². The Morgan fingerprint density at radius 3 is 2.64 bits per heavy atom. The fourth-order valence-corrected chi connectivity index (χ4v) is 2.49. The third-order valence-corrected chi connectivity index (χ3v) is 3.84. The first-order chi connectivity index (χ1) is 10.7. The molecular formula is C16H24FN3O2. The fourth-order valence-electron chi connectivity index (χ4n) is 2.49. The van der Waals surface area contributed by atoms with Crippen molar-refractivity contribution in [2.75, 3.05) is 32.8 Å². The third-order valence-electron chi connectivity index (χ3n) is 3.84. The first-order valence-corrected chi connectivity index (χ1v) is 7.82. The number of nitrogens with one attached hydrogen (secondary N) is 2. The number of urea groups is 1. The van der Waals surface area contributed by atoms with Crippen LogP contribution in [-0.2, 0) is 0 Å². The average Bonchev–Trinajstić information content (AvgIpc) is 2.54. The molecule has 22 heavy (non-hydrogen) atoms. The van der Waals surface area contributed by atoms with Crippen LogP contribution in [0.4, 0.5) is 9.18 Å². The van der Waals surface area contributed by atoms with Crippen LogP contribution >= 0.6 is 0 Å². The summed E-state index contributed by atoms with van der Waals surface area (Å²) in [5, 5.41) is 5.76. The predicted octanol–water partition coefficient (Wildman–Crippen LogP) is 1.99. The van der Waals surface area contributed by atoms with Gasteiger partial charge in [-0.15, -0.1) is 0 Å². The molecule has 2 rings (SSSR count). The van der Waals surface area contributed by atoms with Crippen LogP contribution in [0.15, 0.2) is 24.3 Å². The molecule has 1 saturated heterocycles. The molecule has 122 valence electrons. The summed E-state index contributed by atoms with van der Waals surface area (Å²) in [6.07, 6.45) is 1.99. The van der Waals surface area contributed by atoms with Crippen LogP contribution in [0.2, 0.25) is 0 Å². The number of rotatable bonds is 6. The molecule has 1 aromatic carbocycles. The largest absolute Gasteiger partial charge is 0.492 e. The average molecular weight is 309 g/mol. The van der Waals surface area contributed by atoms with Gasteiger partial charge in [-0.2, -0.15) is 0 Å². The van der Waals surface area contributed by atoms with Gasteiger partial charge in [0.05, 0.1) is 6.54 Å². The normalized spacial score (nSPS) is 16.3. The maximum atomic E-state index is 12.7. The Bertz CT molecular complexity index is 459. The number of amides is 2. The summed E-state index contributed by atoms with van der Waals surface area (Å²) in [6, 6.07) is 5.92. The number of likely N-dealkylation sites (tertiary alicyclic amines) is 1. The number of carbonyl (C=O) groups is 1. The van der Waals surface area contributed by atoms with E-state index in [0.717, 1.165) is 32.5 Å². The van der Waals surface area contributed by atoms with Gasteiger partial charge in [-0.25, -0.2) is 9.18 Å². The van der Waals surface area contributed by atoms with Gasteiger partial charge in [0, 0.05) is 19.1 Å². The minimum absolute atomic E-state index is 0.155. The van der Waals surface area contributed by atoms with Crippen LogP contribution in [0.1, 0.15) is 19.8 Å². The molecule has 0 saturated carbocycles. The number of piperidine rings is 1. The zero-order valence-corrected chi connectivity index (χ0v) is 13.0. The molecule has 6 heteroatoms. The topological polar surface area (TPSA) is 53.6 Å². The lowest BCUT2D eigenvalue weighted by molar-refractivity contribution is 0.197. The summed E-state index contributed by atoms with van der Waals surface area (Å²) in [4.78, 5) is 14.2. The number of benzene rings is 1. The number of hydrogen-bond donors (Lipinski definition) is 2. The molecule has 0 radical (unpaired) electrons. The van der Waals surface area contributed by atoms with E-state index >= 15 is 0 Å². The van der Waals surface area contributed by atoms with E-state index in [4.69, 9.17) is 4.74 Å². The highest BCUT2D eigenvalue weighted by atomic mass is 19.1. The minimum Gasteiger partial charge on any atom is -0.492 e. The van der Waals surface area contributed by atoms with Crippen molar-refractivity contribution in [3.8, 4) is 5.75 Å². The van der Waals surface area contributed by atoms with Gasteiger partial charge in [0.25, 0.3) is 0 Å². The number of ether oxygens (including phenoxy) is 1. The summed E-state index contributed by atoms with van der Waals surface area (Å²) in [5.41, 5.74) is 0. The molecule has 0 unspecified atom stereocenters. The van der Waals surface area contributed by atoms with Gasteiger partial charge in [-0.05, 0) is 43.7 Å². The first-order valence-electron chi connectivity index (χ1n) is 7.82. The van der Waals surface area contributed by atoms with Gasteiger partial charge in [0.2, 0.25) is 0 Å². The Balaban J connectivity index is 1.57. The van der Waals surface area contributed by atoms with Crippen molar-refractivity contribution in [1.82, 2.24) is 15.5 Å². The van der Waals surface area contributed by atoms with E-state index < -0.39 is 0 Å². The molecule has 0 bridgehead atoms. The molecule has 1 aliphatic rings. The first kappa shape index (κ1) is 16.5. The summed E-state index contributed by atoms with van der Waals surface area (Å²) < 4.78 is 18.1. The monoisotopic (exact) mass is 309 g/mol. The molecule has 0 aliphatic carbocycles. The van der Waals surface area contributed by atoms with Crippen molar-refractivity contribution in [1.29, 1.82) is 0 Å². The van der Waals surface area contributed by atoms with Crippen LogP contribution in [0.25, 0.3) is 0 Å². The van der Waals surface area contributed by atoms with Gasteiger partial charge in [0.15, 0.2) is 0 Å². The lowest BCUT2D eigenvalue weighted by Crippen LogP contribution is -2.48. The van der Waals surface area contributed by atoms with E-state index in [1.165, 1.54) is 12.1 Å².